The van der Waals surface area contributed by atoms with Gasteiger partial charge in [0.1, 0.15) is 0 Å². The van der Waals surface area contributed by atoms with Crippen LogP contribution in [0.15, 0.2) is 11.4 Å². The molecule has 1 aromatic heterocycles. The van der Waals surface area contributed by atoms with Crippen molar-refractivity contribution in [1.82, 2.24) is 0 Å². The van der Waals surface area contributed by atoms with Crippen LogP contribution in [0.25, 0.3) is 0 Å². The molecule has 0 spiro atoms. The van der Waals surface area contributed by atoms with Gasteiger partial charge in [0, 0.05) is 10.3 Å². The van der Waals surface area contributed by atoms with Crippen molar-refractivity contribution in [3.05, 3.63) is 21.9 Å². The van der Waals surface area contributed by atoms with Gasteiger partial charge in [-0.15, -0.1) is 11.3 Å². The predicted molar refractivity (Wildman–Crippen MR) is 52.0 cm³/mol. The summed E-state index contributed by atoms with van der Waals surface area (Å²) in [6, 6.07) is 1.72. The van der Waals surface area contributed by atoms with Crippen molar-refractivity contribution in [2.75, 3.05) is 0 Å². The molecular formula is C9H14O2S. The van der Waals surface area contributed by atoms with Crippen molar-refractivity contribution < 1.29 is 9.90 Å². The molecule has 0 unspecified atom stereocenters. The third-order valence-corrected chi connectivity index (χ3v) is 2.33. The summed E-state index contributed by atoms with van der Waals surface area (Å²) in [5.41, 5.74) is 0.404. The van der Waals surface area contributed by atoms with Gasteiger partial charge in [0.25, 0.3) is 0 Å². The quantitative estimate of drug-likeness (QED) is 0.770. The summed E-state index contributed by atoms with van der Waals surface area (Å²) in [6.07, 6.45) is 0.915. The molecule has 1 aromatic rings. The molecule has 0 aromatic carbocycles. The van der Waals surface area contributed by atoms with Gasteiger partial charge in [-0.3, -0.25) is 0 Å². The van der Waals surface area contributed by atoms with Crippen LogP contribution in [-0.4, -0.2) is 11.1 Å². The molecular weight excluding hydrogens is 172 g/mol. The van der Waals surface area contributed by atoms with Gasteiger partial charge in [0.05, 0.1) is 5.56 Å². The molecule has 0 bridgehead atoms. The maximum atomic E-state index is 10.3. The molecule has 1 N–H and O–H groups in total. The number of carboxylic acids is 1. The molecule has 12 heavy (non-hydrogen) atoms. The number of carbonyl (C=O) groups is 1. The lowest BCUT2D eigenvalue weighted by atomic mass is 10.3. The predicted octanol–water partition coefficient (Wildman–Crippen LogP) is 3.03. The van der Waals surface area contributed by atoms with Crippen LogP contribution in [-0.2, 0) is 6.42 Å². The van der Waals surface area contributed by atoms with E-state index in [1.54, 1.807) is 11.4 Å². The first-order valence-electron chi connectivity index (χ1n) is 4.04. The minimum Gasteiger partial charge on any atom is -0.478 e. The van der Waals surface area contributed by atoms with Crippen LogP contribution >= 0.6 is 11.3 Å². The number of hydrogen-bond donors (Lipinski definition) is 1. The van der Waals surface area contributed by atoms with E-state index in [1.165, 1.54) is 11.3 Å². The average Bonchev–Trinajstić information content (AvgIpc) is 2.55. The smallest absolute Gasteiger partial charge is 0.336 e. The van der Waals surface area contributed by atoms with Crippen LogP contribution in [0.1, 0.15) is 36.0 Å². The van der Waals surface area contributed by atoms with Crippen molar-refractivity contribution in [1.29, 1.82) is 0 Å². The summed E-state index contributed by atoms with van der Waals surface area (Å²) in [4.78, 5) is 11.5. The summed E-state index contributed by atoms with van der Waals surface area (Å²) in [5, 5.41) is 10.2. The Labute approximate surface area is 76.9 Å². The Bertz CT molecular complexity index is 240. The van der Waals surface area contributed by atoms with E-state index in [0.717, 1.165) is 11.3 Å². The zero-order valence-corrected chi connectivity index (χ0v) is 8.44. The van der Waals surface area contributed by atoms with Crippen LogP contribution in [0, 0.1) is 0 Å². The SMILES string of the molecule is CC.CCc1cc(C(=O)O)cs1. The van der Waals surface area contributed by atoms with E-state index in [1.807, 2.05) is 20.8 Å². The Morgan fingerprint density at radius 3 is 2.42 bits per heavy atom. The Morgan fingerprint density at radius 1 is 1.58 bits per heavy atom. The molecule has 0 radical (unpaired) electrons. The first-order valence-corrected chi connectivity index (χ1v) is 4.92. The van der Waals surface area contributed by atoms with E-state index < -0.39 is 5.97 Å². The van der Waals surface area contributed by atoms with Crippen LogP contribution in [0.5, 0.6) is 0 Å². The molecule has 3 heteroatoms. The highest BCUT2D eigenvalue weighted by Gasteiger charge is 2.03. The van der Waals surface area contributed by atoms with E-state index >= 15 is 0 Å². The molecule has 0 atom stereocenters. The van der Waals surface area contributed by atoms with E-state index in [2.05, 4.69) is 0 Å². The number of carboxylic acid groups (broad SMARTS) is 1. The second-order valence-electron chi connectivity index (χ2n) is 1.96. The van der Waals surface area contributed by atoms with E-state index in [4.69, 9.17) is 5.11 Å². The fraction of sp³-hybridized carbons (Fsp3) is 0.444. The molecule has 0 saturated heterocycles. The Morgan fingerprint density at radius 2 is 2.17 bits per heavy atom. The Kier molecular flexibility index (Phi) is 5.37. The van der Waals surface area contributed by atoms with Gasteiger partial charge in [0.2, 0.25) is 0 Å². The Balaban J connectivity index is 0.000000561. The zero-order chi connectivity index (χ0) is 9.56. The van der Waals surface area contributed by atoms with Crippen molar-refractivity contribution in [3.8, 4) is 0 Å². The minimum atomic E-state index is -0.837. The molecule has 0 fully saturated rings. The van der Waals surface area contributed by atoms with E-state index in [9.17, 15) is 4.79 Å². The molecule has 1 rings (SSSR count). The van der Waals surface area contributed by atoms with Crippen molar-refractivity contribution in [2.24, 2.45) is 0 Å². The van der Waals surface area contributed by atoms with Gasteiger partial charge in [0.15, 0.2) is 0 Å². The van der Waals surface area contributed by atoms with Gasteiger partial charge < -0.3 is 5.11 Å². The maximum absolute atomic E-state index is 10.3. The third-order valence-electron chi connectivity index (χ3n) is 1.25. The zero-order valence-electron chi connectivity index (χ0n) is 7.63. The average molecular weight is 186 g/mol. The fourth-order valence-electron chi connectivity index (χ4n) is 0.678. The van der Waals surface area contributed by atoms with Crippen molar-refractivity contribution in [2.45, 2.75) is 27.2 Å². The maximum Gasteiger partial charge on any atom is 0.336 e. The molecule has 0 amide bonds. The lowest BCUT2D eigenvalue weighted by Gasteiger charge is -1.82. The monoisotopic (exact) mass is 186 g/mol. The molecule has 1 heterocycles. The second kappa shape index (κ2) is 5.77. The normalized spacial score (nSPS) is 8.58. The van der Waals surface area contributed by atoms with Crippen LogP contribution in [0.3, 0.4) is 0 Å². The summed E-state index contributed by atoms with van der Waals surface area (Å²) < 4.78 is 0. The number of thiophene rings is 1. The van der Waals surface area contributed by atoms with Crippen molar-refractivity contribution >= 4 is 17.3 Å². The van der Waals surface area contributed by atoms with Crippen LogP contribution in [0.4, 0.5) is 0 Å². The van der Waals surface area contributed by atoms with Gasteiger partial charge in [-0.2, -0.15) is 0 Å². The molecule has 0 aliphatic carbocycles. The first-order chi connectivity index (χ1) is 5.74. The molecule has 0 aliphatic heterocycles. The third kappa shape index (κ3) is 3.05. The first kappa shape index (κ1) is 11.2. The fourth-order valence-corrected chi connectivity index (χ4v) is 1.49. The molecule has 0 saturated carbocycles. The summed E-state index contributed by atoms with van der Waals surface area (Å²) in [6.45, 7) is 6.01. The summed E-state index contributed by atoms with van der Waals surface area (Å²) >= 11 is 1.50. The molecule has 0 aliphatic rings. The van der Waals surface area contributed by atoms with Crippen molar-refractivity contribution in [3.63, 3.8) is 0 Å². The summed E-state index contributed by atoms with van der Waals surface area (Å²) in [7, 11) is 0. The van der Waals surface area contributed by atoms with Gasteiger partial charge in [-0.25, -0.2) is 4.79 Å². The minimum absolute atomic E-state index is 0.404. The Hall–Kier alpha value is -0.830. The van der Waals surface area contributed by atoms with Crippen LogP contribution < -0.4 is 0 Å². The summed E-state index contributed by atoms with van der Waals surface area (Å²) in [5.74, 6) is -0.837. The lowest BCUT2D eigenvalue weighted by molar-refractivity contribution is 0.0697. The second-order valence-corrected chi connectivity index (χ2v) is 2.96. The standard InChI is InChI=1S/C7H8O2S.C2H6/c1-2-6-3-5(4-10-6)7(8)9;1-2/h3-4H,2H2,1H3,(H,8,9);1-2H3. The van der Waals surface area contributed by atoms with E-state index in [-0.39, 0.29) is 0 Å². The highest BCUT2D eigenvalue weighted by atomic mass is 32.1. The molecule has 68 valence electrons. The van der Waals surface area contributed by atoms with Gasteiger partial charge >= 0.3 is 5.97 Å². The largest absolute Gasteiger partial charge is 0.478 e. The van der Waals surface area contributed by atoms with Crippen LogP contribution in [0.2, 0.25) is 0 Å². The highest BCUT2D eigenvalue weighted by Crippen LogP contribution is 2.14. The number of rotatable bonds is 2. The van der Waals surface area contributed by atoms with Gasteiger partial charge in [-0.1, -0.05) is 20.8 Å². The molecule has 2 nitrogen and oxygen atoms in total. The topological polar surface area (TPSA) is 37.3 Å². The van der Waals surface area contributed by atoms with Gasteiger partial charge in [-0.05, 0) is 12.5 Å². The van der Waals surface area contributed by atoms with E-state index in [0.29, 0.717) is 5.56 Å². The number of aromatic carboxylic acids is 1. The number of aryl methyl sites for hydroxylation is 1. The lowest BCUT2D eigenvalue weighted by Crippen LogP contribution is -1.91. The highest BCUT2D eigenvalue weighted by molar-refractivity contribution is 7.10. The number of hydrogen-bond acceptors (Lipinski definition) is 2.